The van der Waals surface area contributed by atoms with Gasteiger partial charge in [0.05, 0.1) is 10.8 Å². The first-order chi connectivity index (χ1) is 10.3. The number of nitrogens with zero attached hydrogens (tertiary/aromatic N) is 2. The quantitative estimate of drug-likeness (QED) is 0.517. The summed E-state index contributed by atoms with van der Waals surface area (Å²) in [4.78, 5) is 12.8. The van der Waals surface area contributed by atoms with Crippen LogP contribution >= 0.6 is 11.9 Å². The fraction of sp³-hybridized carbons (Fsp3) is 0.538. The van der Waals surface area contributed by atoms with Crippen LogP contribution in [0.15, 0.2) is 23.1 Å². The van der Waals surface area contributed by atoms with Gasteiger partial charge in [0.15, 0.2) is 0 Å². The van der Waals surface area contributed by atoms with Crippen molar-refractivity contribution in [1.82, 2.24) is 4.72 Å². The SMILES string of the molecule is CNSc1ccc(N2CCCC(C(F)(F)F)C2)c([N+](=O)[O-])c1. The van der Waals surface area contributed by atoms with E-state index in [1.54, 1.807) is 13.1 Å². The lowest BCUT2D eigenvalue weighted by molar-refractivity contribution is -0.384. The Balaban J connectivity index is 2.29. The van der Waals surface area contributed by atoms with Crippen LogP contribution in [0.25, 0.3) is 0 Å². The number of nitro benzene ring substituents is 1. The standard InChI is InChI=1S/C13H16F3N3O2S/c1-17-22-10-4-5-11(12(7-10)19(20)21)18-6-2-3-9(8-18)13(14,15)16/h4-5,7,9,17H,2-3,6,8H2,1H3. The van der Waals surface area contributed by atoms with Crippen molar-refractivity contribution >= 4 is 23.3 Å². The number of piperidine rings is 1. The fourth-order valence-electron chi connectivity index (χ4n) is 2.56. The minimum atomic E-state index is -4.27. The highest BCUT2D eigenvalue weighted by atomic mass is 32.2. The van der Waals surface area contributed by atoms with Crippen LogP contribution in [0.4, 0.5) is 24.5 Å². The van der Waals surface area contributed by atoms with Crippen LogP contribution in [0.1, 0.15) is 12.8 Å². The summed E-state index contributed by atoms with van der Waals surface area (Å²) in [6.45, 7) is 0.162. The number of hydrogen-bond donors (Lipinski definition) is 1. The zero-order valence-corrected chi connectivity index (χ0v) is 12.7. The van der Waals surface area contributed by atoms with Gasteiger partial charge in [0, 0.05) is 24.1 Å². The van der Waals surface area contributed by atoms with Crippen LogP contribution in [0.5, 0.6) is 0 Å². The maximum atomic E-state index is 12.9. The van der Waals surface area contributed by atoms with Crippen molar-refractivity contribution in [2.75, 3.05) is 25.0 Å². The molecule has 122 valence electrons. The summed E-state index contributed by atoms with van der Waals surface area (Å²) in [5, 5.41) is 11.2. The summed E-state index contributed by atoms with van der Waals surface area (Å²) < 4.78 is 41.5. The second-order valence-corrected chi connectivity index (χ2v) is 6.12. The van der Waals surface area contributed by atoms with E-state index in [4.69, 9.17) is 0 Å². The molecule has 1 aliphatic rings. The van der Waals surface area contributed by atoms with E-state index in [9.17, 15) is 23.3 Å². The first-order valence-electron chi connectivity index (χ1n) is 6.76. The maximum Gasteiger partial charge on any atom is 0.393 e. The first kappa shape index (κ1) is 16.9. The molecule has 0 spiro atoms. The number of hydrogen-bond acceptors (Lipinski definition) is 5. The van der Waals surface area contributed by atoms with Gasteiger partial charge in [-0.25, -0.2) is 0 Å². The van der Waals surface area contributed by atoms with E-state index in [0.717, 1.165) is 0 Å². The predicted octanol–water partition coefficient (Wildman–Crippen LogP) is 3.60. The van der Waals surface area contributed by atoms with Gasteiger partial charge < -0.3 is 4.90 Å². The molecule has 0 aliphatic carbocycles. The number of nitro groups is 1. The van der Waals surface area contributed by atoms with Gasteiger partial charge in [0.25, 0.3) is 5.69 Å². The summed E-state index contributed by atoms with van der Waals surface area (Å²) in [6, 6.07) is 4.57. The molecule has 1 N–H and O–H groups in total. The van der Waals surface area contributed by atoms with E-state index in [2.05, 4.69) is 4.72 Å². The third-order valence-corrected chi connectivity index (χ3v) is 4.28. The minimum absolute atomic E-state index is 0.0709. The van der Waals surface area contributed by atoms with Crippen LogP contribution in [-0.4, -0.2) is 31.2 Å². The lowest BCUT2D eigenvalue weighted by Crippen LogP contribution is -2.42. The van der Waals surface area contributed by atoms with Crippen molar-refractivity contribution in [2.24, 2.45) is 5.92 Å². The van der Waals surface area contributed by atoms with E-state index in [1.165, 1.54) is 29.0 Å². The molecule has 22 heavy (non-hydrogen) atoms. The molecule has 9 heteroatoms. The Hall–Kier alpha value is -1.48. The van der Waals surface area contributed by atoms with E-state index in [1.807, 2.05) is 0 Å². The van der Waals surface area contributed by atoms with Crippen LogP contribution in [0, 0.1) is 16.0 Å². The van der Waals surface area contributed by atoms with Crippen LogP contribution in [-0.2, 0) is 0 Å². The molecule has 5 nitrogen and oxygen atoms in total. The van der Waals surface area contributed by atoms with Crippen LogP contribution in [0.3, 0.4) is 0 Å². The van der Waals surface area contributed by atoms with Crippen molar-refractivity contribution in [3.63, 3.8) is 0 Å². The maximum absolute atomic E-state index is 12.9. The van der Waals surface area contributed by atoms with Gasteiger partial charge in [-0.05, 0) is 44.0 Å². The van der Waals surface area contributed by atoms with Crippen molar-refractivity contribution in [2.45, 2.75) is 23.9 Å². The molecular formula is C13H16F3N3O2S. The highest BCUT2D eigenvalue weighted by Gasteiger charge is 2.42. The Morgan fingerprint density at radius 3 is 2.77 bits per heavy atom. The largest absolute Gasteiger partial charge is 0.393 e. The van der Waals surface area contributed by atoms with Gasteiger partial charge >= 0.3 is 6.18 Å². The number of alkyl halides is 3. The molecule has 1 aromatic rings. The van der Waals surface area contributed by atoms with E-state index >= 15 is 0 Å². The number of benzene rings is 1. The molecule has 1 aliphatic heterocycles. The number of rotatable bonds is 4. The molecule has 1 aromatic carbocycles. The molecular weight excluding hydrogens is 319 g/mol. The number of nitrogens with one attached hydrogen (secondary N) is 1. The Kier molecular flexibility index (Phi) is 5.17. The lowest BCUT2D eigenvalue weighted by Gasteiger charge is -2.34. The second kappa shape index (κ2) is 6.74. The summed E-state index contributed by atoms with van der Waals surface area (Å²) in [6.07, 6.45) is -3.83. The average molecular weight is 335 g/mol. The Morgan fingerprint density at radius 1 is 1.45 bits per heavy atom. The van der Waals surface area contributed by atoms with Crippen LogP contribution < -0.4 is 9.62 Å². The zero-order chi connectivity index (χ0) is 16.3. The van der Waals surface area contributed by atoms with Crippen molar-refractivity contribution < 1.29 is 18.1 Å². The van der Waals surface area contributed by atoms with Gasteiger partial charge in [0.2, 0.25) is 0 Å². The first-order valence-corrected chi connectivity index (χ1v) is 7.58. The fourth-order valence-corrected chi connectivity index (χ4v) is 3.10. The molecule has 0 aromatic heterocycles. The summed E-state index contributed by atoms with van der Waals surface area (Å²) >= 11 is 1.21. The number of halogens is 3. The molecule has 1 heterocycles. The van der Waals surface area contributed by atoms with Gasteiger partial charge in [-0.1, -0.05) is 0 Å². The number of anilines is 1. The van der Waals surface area contributed by atoms with Crippen LogP contribution in [0.2, 0.25) is 0 Å². The summed E-state index contributed by atoms with van der Waals surface area (Å²) in [5.74, 6) is -1.44. The highest BCUT2D eigenvalue weighted by molar-refractivity contribution is 7.97. The van der Waals surface area contributed by atoms with Gasteiger partial charge in [-0.3, -0.25) is 14.8 Å². The molecule has 1 fully saturated rings. The second-order valence-electron chi connectivity index (χ2n) is 5.04. The topological polar surface area (TPSA) is 58.4 Å². The van der Waals surface area contributed by atoms with E-state index in [0.29, 0.717) is 17.9 Å². The molecule has 0 bridgehead atoms. The van der Waals surface area contributed by atoms with E-state index in [-0.39, 0.29) is 24.3 Å². The molecule has 0 amide bonds. The normalized spacial score (nSPS) is 19.3. The Bertz CT molecular complexity index is 554. The summed E-state index contributed by atoms with van der Waals surface area (Å²) in [5.41, 5.74) is 0.0856. The molecule has 2 rings (SSSR count). The molecule has 1 saturated heterocycles. The Labute approximate surface area is 130 Å². The average Bonchev–Trinajstić information content (AvgIpc) is 2.47. The van der Waals surface area contributed by atoms with Gasteiger partial charge in [-0.2, -0.15) is 13.2 Å². The van der Waals surface area contributed by atoms with Crippen molar-refractivity contribution in [3.05, 3.63) is 28.3 Å². The third-order valence-electron chi connectivity index (χ3n) is 3.59. The van der Waals surface area contributed by atoms with Crippen molar-refractivity contribution in [1.29, 1.82) is 0 Å². The Morgan fingerprint density at radius 2 is 2.18 bits per heavy atom. The monoisotopic (exact) mass is 335 g/mol. The highest BCUT2D eigenvalue weighted by Crippen LogP contribution is 2.38. The molecule has 0 radical (unpaired) electrons. The minimum Gasteiger partial charge on any atom is -0.365 e. The van der Waals surface area contributed by atoms with Crippen molar-refractivity contribution in [3.8, 4) is 0 Å². The smallest absolute Gasteiger partial charge is 0.365 e. The zero-order valence-electron chi connectivity index (χ0n) is 11.9. The molecule has 0 saturated carbocycles. The summed E-state index contributed by atoms with van der Waals surface area (Å²) in [7, 11) is 1.68. The van der Waals surface area contributed by atoms with Gasteiger partial charge in [0.1, 0.15) is 5.69 Å². The molecule has 1 unspecified atom stereocenters. The van der Waals surface area contributed by atoms with E-state index < -0.39 is 17.0 Å². The third kappa shape index (κ3) is 3.83. The van der Waals surface area contributed by atoms with Gasteiger partial charge in [-0.15, -0.1) is 0 Å². The predicted molar refractivity (Wildman–Crippen MR) is 79.0 cm³/mol. The lowest BCUT2D eigenvalue weighted by atomic mass is 9.97. The molecule has 1 atom stereocenters.